The van der Waals surface area contributed by atoms with Crippen molar-refractivity contribution in [2.24, 2.45) is 0 Å². The third-order valence-corrected chi connectivity index (χ3v) is 6.57. The zero-order chi connectivity index (χ0) is 19.7. The van der Waals surface area contributed by atoms with Crippen molar-refractivity contribution in [2.75, 3.05) is 4.72 Å². The highest BCUT2D eigenvalue weighted by atomic mass is 32.2. The van der Waals surface area contributed by atoms with Crippen LogP contribution < -0.4 is 4.72 Å². The summed E-state index contributed by atoms with van der Waals surface area (Å²) in [5.41, 5.74) is 2.31. The average molecular weight is 414 g/mol. The van der Waals surface area contributed by atoms with Gasteiger partial charge in [-0.05, 0) is 37.6 Å². The fourth-order valence-electron chi connectivity index (χ4n) is 2.80. The molecule has 0 radical (unpaired) electrons. The first-order valence-electron chi connectivity index (χ1n) is 8.87. The van der Waals surface area contributed by atoms with Crippen LogP contribution in [0.1, 0.15) is 24.7 Å². The molecule has 0 aliphatic carbocycles. The van der Waals surface area contributed by atoms with E-state index in [0.717, 1.165) is 39.8 Å². The van der Waals surface area contributed by atoms with Gasteiger partial charge in [0.1, 0.15) is 5.01 Å². The SMILES string of the molecule is CCCc1nnc2sc(-c3cccc(NS(=O)(=O)c4ccc(C)cc4)c3)nn12. The van der Waals surface area contributed by atoms with E-state index >= 15 is 0 Å². The molecule has 4 aromatic rings. The van der Waals surface area contributed by atoms with Crippen molar-refractivity contribution in [3.63, 3.8) is 0 Å². The molecule has 0 saturated heterocycles. The number of aryl methyl sites for hydroxylation is 2. The number of anilines is 1. The van der Waals surface area contributed by atoms with Crippen LogP contribution in [0.4, 0.5) is 5.69 Å². The topological polar surface area (TPSA) is 89.2 Å². The van der Waals surface area contributed by atoms with Gasteiger partial charge in [-0.1, -0.05) is 48.1 Å². The number of aromatic nitrogens is 4. The highest BCUT2D eigenvalue weighted by Gasteiger charge is 2.16. The molecule has 7 nitrogen and oxygen atoms in total. The van der Waals surface area contributed by atoms with Crippen LogP contribution in [0.3, 0.4) is 0 Å². The van der Waals surface area contributed by atoms with Crippen LogP contribution in [0, 0.1) is 6.92 Å². The lowest BCUT2D eigenvalue weighted by molar-refractivity contribution is 0.601. The highest BCUT2D eigenvalue weighted by molar-refractivity contribution is 7.92. The monoisotopic (exact) mass is 413 g/mol. The molecular weight excluding hydrogens is 394 g/mol. The number of benzene rings is 2. The second kappa shape index (κ2) is 7.33. The van der Waals surface area contributed by atoms with E-state index < -0.39 is 10.0 Å². The van der Waals surface area contributed by atoms with Gasteiger partial charge in [-0.3, -0.25) is 4.72 Å². The van der Waals surface area contributed by atoms with Gasteiger partial charge < -0.3 is 0 Å². The summed E-state index contributed by atoms with van der Waals surface area (Å²) in [5, 5.41) is 13.7. The number of nitrogens with one attached hydrogen (secondary N) is 1. The predicted octanol–water partition coefficient (Wildman–Crippen LogP) is 3.91. The van der Waals surface area contributed by atoms with Crippen molar-refractivity contribution in [1.82, 2.24) is 19.8 Å². The Morgan fingerprint density at radius 1 is 1.11 bits per heavy atom. The zero-order valence-corrected chi connectivity index (χ0v) is 17.1. The Morgan fingerprint density at radius 3 is 2.64 bits per heavy atom. The van der Waals surface area contributed by atoms with Crippen molar-refractivity contribution in [2.45, 2.75) is 31.6 Å². The van der Waals surface area contributed by atoms with Gasteiger partial charge in [0, 0.05) is 17.7 Å². The minimum Gasteiger partial charge on any atom is -0.280 e. The summed E-state index contributed by atoms with van der Waals surface area (Å²) in [6, 6.07) is 13.9. The molecule has 0 spiro atoms. The zero-order valence-electron chi connectivity index (χ0n) is 15.5. The molecule has 0 atom stereocenters. The van der Waals surface area contributed by atoms with Crippen molar-refractivity contribution in [3.05, 3.63) is 59.9 Å². The van der Waals surface area contributed by atoms with E-state index in [1.165, 1.54) is 11.3 Å². The normalized spacial score (nSPS) is 11.8. The van der Waals surface area contributed by atoms with Crippen molar-refractivity contribution < 1.29 is 8.42 Å². The molecule has 1 N–H and O–H groups in total. The lowest BCUT2D eigenvalue weighted by atomic mass is 10.2. The molecule has 0 bridgehead atoms. The maximum Gasteiger partial charge on any atom is 0.261 e. The van der Waals surface area contributed by atoms with E-state index in [1.54, 1.807) is 47.0 Å². The Hall–Kier alpha value is -2.78. The van der Waals surface area contributed by atoms with Crippen LogP contribution >= 0.6 is 11.3 Å². The van der Waals surface area contributed by atoms with Gasteiger partial charge in [-0.25, -0.2) is 8.42 Å². The van der Waals surface area contributed by atoms with E-state index in [0.29, 0.717) is 5.69 Å². The number of rotatable bonds is 6. The van der Waals surface area contributed by atoms with Gasteiger partial charge >= 0.3 is 0 Å². The minimum atomic E-state index is -3.65. The first-order chi connectivity index (χ1) is 13.5. The molecule has 0 saturated carbocycles. The second-order valence-corrected chi connectivity index (χ2v) is 9.11. The third kappa shape index (κ3) is 3.63. The lowest BCUT2D eigenvalue weighted by Crippen LogP contribution is -2.12. The van der Waals surface area contributed by atoms with Crippen LogP contribution in [0.2, 0.25) is 0 Å². The molecule has 2 heterocycles. The largest absolute Gasteiger partial charge is 0.280 e. The molecule has 144 valence electrons. The van der Waals surface area contributed by atoms with Crippen LogP contribution in [0.15, 0.2) is 53.4 Å². The van der Waals surface area contributed by atoms with E-state index in [-0.39, 0.29) is 4.90 Å². The minimum absolute atomic E-state index is 0.228. The Bertz CT molecular complexity index is 1230. The second-order valence-electron chi connectivity index (χ2n) is 6.47. The van der Waals surface area contributed by atoms with E-state index in [2.05, 4.69) is 26.9 Å². The fraction of sp³-hybridized carbons (Fsp3) is 0.211. The number of hydrogen-bond donors (Lipinski definition) is 1. The summed E-state index contributed by atoms with van der Waals surface area (Å²) in [6.07, 6.45) is 1.77. The van der Waals surface area contributed by atoms with Crippen LogP contribution in [-0.4, -0.2) is 28.2 Å². The first kappa shape index (κ1) is 18.6. The Labute approximate surface area is 167 Å². The number of hydrogen-bond acceptors (Lipinski definition) is 6. The van der Waals surface area contributed by atoms with Gasteiger partial charge in [-0.15, -0.1) is 10.2 Å². The smallest absolute Gasteiger partial charge is 0.261 e. The number of nitrogens with zero attached hydrogens (tertiary/aromatic N) is 4. The van der Waals surface area contributed by atoms with Crippen LogP contribution in [0.25, 0.3) is 15.5 Å². The molecule has 2 aromatic heterocycles. The predicted molar refractivity (Wildman–Crippen MR) is 110 cm³/mol. The molecule has 0 amide bonds. The molecular formula is C19H19N5O2S2. The van der Waals surface area contributed by atoms with Gasteiger partial charge in [0.15, 0.2) is 5.82 Å². The van der Waals surface area contributed by atoms with E-state index in [4.69, 9.17) is 0 Å². The molecule has 2 aromatic carbocycles. The number of sulfonamides is 1. The quantitative estimate of drug-likeness (QED) is 0.518. The first-order valence-corrected chi connectivity index (χ1v) is 11.2. The maximum atomic E-state index is 12.6. The summed E-state index contributed by atoms with van der Waals surface area (Å²) in [6.45, 7) is 4.00. The average Bonchev–Trinajstić information content (AvgIpc) is 3.24. The van der Waals surface area contributed by atoms with Crippen LogP contribution in [0.5, 0.6) is 0 Å². The van der Waals surface area contributed by atoms with Gasteiger partial charge in [0.25, 0.3) is 10.0 Å². The highest BCUT2D eigenvalue weighted by Crippen LogP contribution is 2.28. The molecule has 0 fully saturated rings. The summed E-state index contributed by atoms with van der Waals surface area (Å²) < 4.78 is 29.7. The fourth-order valence-corrected chi connectivity index (χ4v) is 4.70. The van der Waals surface area contributed by atoms with E-state index in [1.807, 2.05) is 13.0 Å². The Morgan fingerprint density at radius 2 is 1.89 bits per heavy atom. The summed E-state index contributed by atoms with van der Waals surface area (Å²) in [5.74, 6) is 0.830. The van der Waals surface area contributed by atoms with Crippen LogP contribution in [-0.2, 0) is 16.4 Å². The van der Waals surface area contributed by atoms with E-state index in [9.17, 15) is 8.42 Å². The lowest BCUT2D eigenvalue weighted by Gasteiger charge is -2.09. The van der Waals surface area contributed by atoms with Crippen molar-refractivity contribution in [3.8, 4) is 10.6 Å². The molecule has 28 heavy (non-hydrogen) atoms. The standard InChI is InChI=1S/C19H19N5O2S2/c1-3-5-17-20-21-19-24(17)22-18(27-19)14-6-4-7-15(12-14)23-28(25,26)16-10-8-13(2)9-11-16/h4,6-12,23H,3,5H2,1-2H3. The maximum absolute atomic E-state index is 12.6. The Balaban J connectivity index is 1.63. The summed E-state index contributed by atoms with van der Waals surface area (Å²) in [4.78, 5) is 0.954. The summed E-state index contributed by atoms with van der Waals surface area (Å²) in [7, 11) is -3.65. The van der Waals surface area contributed by atoms with Crippen molar-refractivity contribution >= 4 is 32.0 Å². The molecule has 9 heteroatoms. The molecule has 0 aliphatic rings. The molecule has 0 aliphatic heterocycles. The van der Waals surface area contributed by atoms with Gasteiger partial charge in [-0.2, -0.15) is 9.61 Å². The van der Waals surface area contributed by atoms with Gasteiger partial charge in [0.05, 0.1) is 4.90 Å². The third-order valence-electron chi connectivity index (χ3n) is 4.22. The molecule has 0 unspecified atom stereocenters. The van der Waals surface area contributed by atoms with Crippen molar-refractivity contribution in [1.29, 1.82) is 0 Å². The number of fused-ring (bicyclic) bond motifs is 1. The molecule has 4 rings (SSSR count). The Kier molecular flexibility index (Phi) is 4.86. The summed E-state index contributed by atoms with van der Waals surface area (Å²) >= 11 is 1.42. The van der Waals surface area contributed by atoms with Gasteiger partial charge in [0.2, 0.25) is 4.96 Å².